The smallest absolute Gasteiger partial charge is 0.0931 e. The van der Waals surface area contributed by atoms with Crippen molar-refractivity contribution in [3.63, 3.8) is 0 Å². The van der Waals surface area contributed by atoms with Crippen molar-refractivity contribution in [3.05, 3.63) is 59.2 Å². The van der Waals surface area contributed by atoms with E-state index in [0.29, 0.717) is 0 Å². The molecule has 0 aromatic heterocycles. The second-order valence-corrected chi connectivity index (χ2v) is 7.23. The monoisotopic (exact) mass is 313 g/mol. The molecule has 3 rings (SSSR count). The van der Waals surface area contributed by atoms with E-state index in [1.54, 1.807) is 11.8 Å². The van der Waals surface area contributed by atoms with Gasteiger partial charge in [-0.2, -0.15) is 0 Å². The maximum Gasteiger partial charge on any atom is 0.0931 e. The van der Waals surface area contributed by atoms with Crippen LogP contribution in [0.15, 0.2) is 52.3 Å². The molecule has 0 amide bonds. The summed E-state index contributed by atoms with van der Waals surface area (Å²) in [5.41, 5.74) is 2.94. The van der Waals surface area contributed by atoms with Crippen LogP contribution in [0.2, 0.25) is 0 Å². The van der Waals surface area contributed by atoms with Gasteiger partial charge in [0, 0.05) is 9.79 Å². The summed E-state index contributed by atoms with van der Waals surface area (Å²) in [5.74, 6) is 0. The third-order valence-corrected chi connectivity index (χ3v) is 5.62. The fourth-order valence-electron chi connectivity index (χ4n) is 3.08. The van der Waals surface area contributed by atoms with Crippen molar-refractivity contribution in [3.8, 4) is 0 Å². The van der Waals surface area contributed by atoms with Crippen LogP contribution in [0.3, 0.4) is 0 Å². The number of aryl methyl sites for hydroxylation is 2. The largest absolute Gasteiger partial charge is 0.385 e. The van der Waals surface area contributed by atoms with Crippen LogP contribution in [0.25, 0.3) is 0 Å². The van der Waals surface area contributed by atoms with Crippen LogP contribution in [-0.4, -0.2) is 18.2 Å². The van der Waals surface area contributed by atoms with Crippen LogP contribution < -0.4 is 5.32 Å². The fourth-order valence-corrected chi connectivity index (χ4v) is 4.19. The molecule has 0 unspecified atom stereocenters. The lowest BCUT2D eigenvalue weighted by molar-refractivity contribution is 0.00351. The van der Waals surface area contributed by atoms with E-state index in [1.807, 2.05) is 6.07 Å². The van der Waals surface area contributed by atoms with Gasteiger partial charge in [0.2, 0.25) is 0 Å². The highest BCUT2D eigenvalue weighted by atomic mass is 32.2. The fraction of sp³-hybridized carbons (Fsp3) is 0.368. The number of piperidine rings is 1. The van der Waals surface area contributed by atoms with E-state index in [1.165, 1.54) is 20.9 Å². The molecule has 0 bridgehead atoms. The lowest BCUT2D eigenvalue weighted by Gasteiger charge is -2.34. The zero-order valence-corrected chi connectivity index (χ0v) is 14.0. The number of nitrogens with one attached hydrogen (secondary N) is 1. The molecule has 1 saturated heterocycles. The Bertz CT molecular complexity index is 662. The Hall–Kier alpha value is -1.29. The number of aliphatic hydroxyl groups is 1. The normalized spacial score (nSPS) is 17.4. The van der Waals surface area contributed by atoms with Crippen LogP contribution in [0.1, 0.15) is 29.5 Å². The van der Waals surface area contributed by atoms with Gasteiger partial charge in [-0.05, 0) is 63.0 Å². The quantitative estimate of drug-likeness (QED) is 0.897. The lowest BCUT2D eigenvalue weighted by atomic mass is 9.85. The van der Waals surface area contributed by atoms with Gasteiger partial charge in [0.25, 0.3) is 0 Å². The molecular weight excluding hydrogens is 290 g/mol. The maximum absolute atomic E-state index is 11.1. The average Bonchev–Trinajstić information content (AvgIpc) is 2.51. The first-order chi connectivity index (χ1) is 10.6. The summed E-state index contributed by atoms with van der Waals surface area (Å²) in [6.07, 6.45) is 1.55. The van der Waals surface area contributed by atoms with E-state index in [9.17, 15) is 5.11 Å². The first kappa shape index (κ1) is 15.6. The van der Waals surface area contributed by atoms with Gasteiger partial charge in [-0.15, -0.1) is 0 Å². The Labute approximate surface area is 137 Å². The summed E-state index contributed by atoms with van der Waals surface area (Å²) in [6.45, 7) is 6.02. The molecule has 1 aliphatic heterocycles. The van der Waals surface area contributed by atoms with E-state index in [2.05, 4.69) is 55.6 Å². The molecule has 116 valence electrons. The minimum atomic E-state index is -0.701. The molecule has 2 aromatic carbocycles. The van der Waals surface area contributed by atoms with Gasteiger partial charge in [-0.3, -0.25) is 0 Å². The third-order valence-electron chi connectivity index (χ3n) is 4.37. The number of benzene rings is 2. The zero-order chi connectivity index (χ0) is 15.6. The van der Waals surface area contributed by atoms with Gasteiger partial charge in [-0.1, -0.05) is 47.7 Å². The molecule has 0 atom stereocenters. The summed E-state index contributed by atoms with van der Waals surface area (Å²) in [7, 11) is 0. The van der Waals surface area contributed by atoms with Gasteiger partial charge in [0.15, 0.2) is 0 Å². The molecule has 2 nitrogen and oxygen atoms in total. The standard InChI is InChI=1S/C19H23NOS/c1-14-7-8-17(15(2)13-14)22-18-6-4-3-5-16(18)19(21)9-11-20-12-10-19/h3-8,13,20-21H,9-12H2,1-2H3. The molecule has 0 aliphatic carbocycles. The van der Waals surface area contributed by atoms with Crippen molar-refractivity contribution in [2.24, 2.45) is 0 Å². The van der Waals surface area contributed by atoms with Gasteiger partial charge in [0.1, 0.15) is 0 Å². The van der Waals surface area contributed by atoms with Crippen LogP contribution in [0, 0.1) is 13.8 Å². The van der Waals surface area contributed by atoms with Gasteiger partial charge in [-0.25, -0.2) is 0 Å². The summed E-state index contributed by atoms with van der Waals surface area (Å²) in [4.78, 5) is 2.43. The highest BCUT2D eigenvalue weighted by Crippen LogP contribution is 2.40. The molecule has 0 saturated carbocycles. The Balaban J connectivity index is 1.94. The van der Waals surface area contributed by atoms with Gasteiger partial charge >= 0.3 is 0 Å². The second-order valence-electron chi connectivity index (χ2n) is 6.15. The number of hydrogen-bond acceptors (Lipinski definition) is 3. The van der Waals surface area contributed by atoms with Crippen molar-refractivity contribution in [1.82, 2.24) is 5.32 Å². The Kier molecular flexibility index (Phi) is 4.57. The highest BCUT2D eigenvalue weighted by Gasteiger charge is 2.33. The Morgan fingerprint density at radius 1 is 1.00 bits per heavy atom. The Morgan fingerprint density at radius 3 is 2.45 bits per heavy atom. The molecular formula is C19H23NOS. The van der Waals surface area contributed by atoms with Crippen LogP contribution in [-0.2, 0) is 5.60 Å². The minimum Gasteiger partial charge on any atom is -0.385 e. The van der Waals surface area contributed by atoms with Crippen molar-refractivity contribution in [2.45, 2.75) is 42.1 Å². The molecule has 3 heteroatoms. The van der Waals surface area contributed by atoms with Crippen LogP contribution in [0.5, 0.6) is 0 Å². The molecule has 2 N–H and O–H groups in total. The number of rotatable bonds is 3. The summed E-state index contributed by atoms with van der Waals surface area (Å²) in [6, 6.07) is 14.8. The molecule has 1 heterocycles. The second kappa shape index (κ2) is 6.45. The lowest BCUT2D eigenvalue weighted by Crippen LogP contribution is -2.40. The zero-order valence-electron chi connectivity index (χ0n) is 13.2. The SMILES string of the molecule is Cc1ccc(Sc2ccccc2C2(O)CCNCC2)c(C)c1. The van der Waals surface area contributed by atoms with Crippen molar-refractivity contribution >= 4 is 11.8 Å². The number of hydrogen-bond donors (Lipinski definition) is 2. The predicted octanol–water partition coefficient (Wildman–Crippen LogP) is 4.03. The molecule has 1 aliphatic rings. The van der Waals surface area contributed by atoms with E-state index in [-0.39, 0.29) is 0 Å². The predicted molar refractivity (Wildman–Crippen MR) is 92.5 cm³/mol. The Morgan fingerprint density at radius 2 is 1.73 bits per heavy atom. The minimum absolute atomic E-state index is 0.701. The van der Waals surface area contributed by atoms with E-state index in [0.717, 1.165) is 31.5 Å². The third kappa shape index (κ3) is 3.22. The average molecular weight is 313 g/mol. The molecule has 0 spiro atoms. The molecule has 2 aromatic rings. The van der Waals surface area contributed by atoms with Gasteiger partial charge < -0.3 is 10.4 Å². The maximum atomic E-state index is 11.1. The van der Waals surface area contributed by atoms with Crippen molar-refractivity contribution < 1.29 is 5.11 Å². The van der Waals surface area contributed by atoms with E-state index >= 15 is 0 Å². The topological polar surface area (TPSA) is 32.3 Å². The first-order valence-electron chi connectivity index (χ1n) is 7.86. The van der Waals surface area contributed by atoms with Crippen LogP contribution in [0.4, 0.5) is 0 Å². The molecule has 22 heavy (non-hydrogen) atoms. The van der Waals surface area contributed by atoms with Crippen LogP contribution >= 0.6 is 11.8 Å². The molecule has 0 radical (unpaired) electrons. The van der Waals surface area contributed by atoms with Crippen molar-refractivity contribution in [1.29, 1.82) is 0 Å². The molecule has 1 fully saturated rings. The summed E-state index contributed by atoms with van der Waals surface area (Å²) in [5, 5.41) is 14.4. The van der Waals surface area contributed by atoms with Gasteiger partial charge in [0.05, 0.1) is 5.60 Å². The highest BCUT2D eigenvalue weighted by molar-refractivity contribution is 7.99. The van der Waals surface area contributed by atoms with E-state index in [4.69, 9.17) is 0 Å². The van der Waals surface area contributed by atoms with E-state index < -0.39 is 5.60 Å². The summed E-state index contributed by atoms with van der Waals surface area (Å²) < 4.78 is 0. The van der Waals surface area contributed by atoms with Crippen molar-refractivity contribution in [2.75, 3.05) is 13.1 Å². The first-order valence-corrected chi connectivity index (χ1v) is 8.68. The summed E-state index contributed by atoms with van der Waals surface area (Å²) >= 11 is 1.76.